The second-order valence-corrected chi connectivity index (χ2v) is 8.70. The molecular formula is C32H30F8N2O2Ti. The van der Waals surface area contributed by atoms with Crippen molar-refractivity contribution in [1.29, 1.82) is 0 Å². The second kappa shape index (κ2) is 22.7. The van der Waals surface area contributed by atoms with E-state index in [0.29, 0.717) is 12.8 Å². The minimum atomic E-state index is -1.61. The Balaban J connectivity index is 0.000000644. The van der Waals surface area contributed by atoms with Gasteiger partial charge in [-0.05, 0) is 12.8 Å². The van der Waals surface area contributed by atoms with E-state index in [-0.39, 0.29) is 34.6 Å². The second-order valence-electron chi connectivity index (χ2n) is 8.70. The zero-order valence-electron chi connectivity index (χ0n) is 24.4. The summed E-state index contributed by atoms with van der Waals surface area (Å²) in [5.74, 6) is -13.5. The molecular weight excluding hydrogens is 644 g/mol. The maximum atomic E-state index is 13.1. The Bertz CT molecular complexity index is 1220. The van der Waals surface area contributed by atoms with Gasteiger partial charge in [-0.3, -0.25) is 27.2 Å². The molecule has 0 heterocycles. The molecule has 4 aromatic carbocycles. The van der Waals surface area contributed by atoms with Crippen LogP contribution in [-0.4, -0.2) is 11.8 Å². The van der Waals surface area contributed by atoms with Gasteiger partial charge in [-0.2, -0.15) is 36.4 Å². The van der Waals surface area contributed by atoms with Gasteiger partial charge in [0, 0.05) is 49.2 Å². The zero-order valence-corrected chi connectivity index (χ0v) is 25.9. The van der Waals surface area contributed by atoms with E-state index >= 15 is 0 Å². The van der Waals surface area contributed by atoms with Crippen molar-refractivity contribution in [3.8, 4) is 0 Å². The molecule has 4 aromatic rings. The molecule has 240 valence electrons. The Morgan fingerprint density at radius 2 is 0.844 bits per heavy atom. The van der Waals surface area contributed by atoms with E-state index in [1.807, 2.05) is 60.7 Å². The van der Waals surface area contributed by atoms with Crippen LogP contribution in [-0.2, 0) is 44.4 Å². The predicted octanol–water partition coefficient (Wildman–Crippen LogP) is 7.73. The molecule has 0 aliphatic carbocycles. The summed E-state index contributed by atoms with van der Waals surface area (Å²) < 4.78 is 103. The van der Waals surface area contributed by atoms with Crippen molar-refractivity contribution in [2.24, 2.45) is 0 Å². The summed E-state index contributed by atoms with van der Waals surface area (Å²) in [6, 6.07) is 22.5. The van der Waals surface area contributed by atoms with E-state index in [0.717, 1.165) is 0 Å². The third-order valence-electron chi connectivity index (χ3n) is 5.26. The van der Waals surface area contributed by atoms with E-state index in [1.165, 1.54) is 12.1 Å². The fourth-order valence-corrected chi connectivity index (χ4v) is 3.09. The summed E-state index contributed by atoms with van der Waals surface area (Å²) in [5, 5.41) is 4.34. The van der Waals surface area contributed by atoms with Crippen LogP contribution in [0.3, 0.4) is 0 Å². The van der Waals surface area contributed by atoms with Crippen LogP contribution in [0.1, 0.15) is 50.7 Å². The molecule has 0 fully saturated rings. The molecule has 45 heavy (non-hydrogen) atoms. The van der Waals surface area contributed by atoms with Gasteiger partial charge >= 0.3 is 21.7 Å². The van der Waals surface area contributed by atoms with Crippen molar-refractivity contribution in [2.45, 2.75) is 52.6 Å². The largest absolute Gasteiger partial charge is 4.00 e. The maximum absolute atomic E-state index is 13.1. The number of nitrogens with one attached hydrogen (secondary N) is 2. The smallest absolute Gasteiger partial charge is 0.354 e. The van der Waals surface area contributed by atoms with Gasteiger partial charge < -0.3 is 10.6 Å². The molecule has 0 atom stereocenters. The standard InChI is InChI=1S/2C11H10F4NO.2C5H5.Ti/c2*1-2-3-9(17)16-5-6-10(14)7(12)4-8(13)11(6)15;2*1-2-4-5-3-1;/h2*2-3,5H2,1H3,(H,16,17);2*1-5H;/q4*-1;+4. The number of hydrogen-bond acceptors (Lipinski definition) is 2. The molecule has 0 radical (unpaired) electrons. The number of rotatable bonds is 8. The van der Waals surface area contributed by atoms with Gasteiger partial charge in [0.1, 0.15) is 0 Å². The Morgan fingerprint density at radius 1 is 0.578 bits per heavy atom. The Hall–Kier alpha value is -3.77. The van der Waals surface area contributed by atoms with Crippen LogP contribution < -0.4 is 10.6 Å². The molecule has 0 bridgehead atoms. The minimum absolute atomic E-state index is 0. The number of halogens is 8. The van der Waals surface area contributed by atoms with Crippen LogP contribution in [0, 0.1) is 58.7 Å². The SMILES string of the molecule is CCCC(=O)NCc1c(F)c(F)[c-]c(F)c1F.CCCC(=O)NCc1c(F)c(F)[c-]c(F)c1F.[Ti+4].c1cc[cH-]c1.c1cc[cH-]c1. The van der Waals surface area contributed by atoms with Crippen LogP contribution in [0.5, 0.6) is 0 Å². The van der Waals surface area contributed by atoms with Crippen LogP contribution in [0.4, 0.5) is 35.1 Å². The van der Waals surface area contributed by atoms with Crippen LogP contribution in [0.2, 0.25) is 0 Å². The summed E-state index contributed by atoms with van der Waals surface area (Å²) >= 11 is 0. The van der Waals surface area contributed by atoms with Crippen molar-refractivity contribution in [3.05, 3.63) is 130 Å². The molecule has 4 rings (SSSR count). The number of carbonyl (C=O) groups is 2. The zero-order chi connectivity index (χ0) is 33.1. The third-order valence-corrected chi connectivity index (χ3v) is 5.26. The summed E-state index contributed by atoms with van der Waals surface area (Å²) in [7, 11) is 0. The number of carbonyl (C=O) groups excluding carboxylic acids is 2. The van der Waals surface area contributed by atoms with E-state index in [2.05, 4.69) is 10.6 Å². The van der Waals surface area contributed by atoms with E-state index in [9.17, 15) is 44.7 Å². The van der Waals surface area contributed by atoms with E-state index < -0.39 is 82.6 Å². The molecule has 2 amide bonds. The fourth-order valence-electron chi connectivity index (χ4n) is 3.09. The first-order valence-corrected chi connectivity index (χ1v) is 13.3. The monoisotopic (exact) mass is 674 g/mol. The fraction of sp³-hybridized carbons (Fsp3) is 0.250. The van der Waals surface area contributed by atoms with Crippen molar-refractivity contribution in [3.63, 3.8) is 0 Å². The Labute approximate surface area is 271 Å². The van der Waals surface area contributed by atoms with Crippen LogP contribution in [0.15, 0.2) is 60.7 Å². The minimum Gasteiger partial charge on any atom is -0.354 e. The summed E-state index contributed by atoms with van der Waals surface area (Å²) in [5.41, 5.74) is -1.69. The van der Waals surface area contributed by atoms with E-state index in [1.54, 1.807) is 13.8 Å². The average Bonchev–Trinajstić information content (AvgIpc) is 3.76. The van der Waals surface area contributed by atoms with Crippen molar-refractivity contribution in [1.82, 2.24) is 10.6 Å². The predicted molar refractivity (Wildman–Crippen MR) is 148 cm³/mol. The van der Waals surface area contributed by atoms with Crippen LogP contribution in [0.25, 0.3) is 0 Å². The topological polar surface area (TPSA) is 58.2 Å². The molecule has 0 aromatic heterocycles. The van der Waals surface area contributed by atoms with Gasteiger partial charge in [0.15, 0.2) is 0 Å². The normalized spacial score (nSPS) is 9.64. The van der Waals surface area contributed by atoms with Gasteiger partial charge in [0.25, 0.3) is 0 Å². The van der Waals surface area contributed by atoms with Crippen LogP contribution >= 0.6 is 0 Å². The van der Waals surface area contributed by atoms with Gasteiger partial charge in [-0.15, -0.1) is 12.1 Å². The summed E-state index contributed by atoms with van der Waals surface area (Å²) in [6.45, 7) is 2.30. The molecule has 0 unspecified atom stereocenters. The molecule has 0 saturated heterocycles. The number of hydrogen-bond donors (Lipinski definition) is 2. The molecule has 0 spiro atoms. The molecule has 13 heteroatoms. The Kier molecular flexibility index (Phi) is 20.8. The van der Waals surface area contributed by atoms with Gasteiger partial charge in [-0.25, -0.2) is 41.8 Å². The Morgan fingerprint density at radius 3 is 1.04 bits per heavy atom. The first-order valence-electron chi connectivity index (χ1n) is 13.3. The van der Waals surface area contributed by atoms with Gasteiger partial charge in [-0.1, -0.05) is 25.0 Å². The van der Waals surface area contributed by atoms with Gasteiger partial charge in [0.05, 0.1) is 23.3 Å². The number of benzene rings is 2. The van der Waals surface area contributed by atoms with Crippen molar-refractivity contribution >= 4 is 11.8 Å². The molecule has 0 aliphatic heterocycles. The third kappa shape index (κ3) is 15.2. The van der Waals surface area contributed by atoms with Crippen molar-refractivity contribution in [2.75, 3.05) is 0 Å². The summed E-state index contributed by atoms with van der Waals surface area (Å²) in [4.78, 5) is 22.1. The average molecular weight is 674 g/mol. The molecule has 2 N–H and O–H groups in total. The molecule has 4 nitrogen and oxygen atoms in total. The maximum Gasteiger partial charge on any atom is 4.00 e. The first kappa shape index (κ1) is 41.2. The first-order chi connectivity index (χ1) is 20.9. The van der Waals surface area contributed by atoms with Crippen molar-refractivity contribution < 1.29 is 66.4 Å². The summed E-state index contributed by atoms with van der Waals surface area (Å²) in [6.07, 6.45) is 1.46. The quantitative estimate of drug-likeness (QED) is 0.0871. The molecule has 0 saturated carbocycles. The van der Waals surface area contributed by atoms with Gasteiger partial charge in [0.2, 0.25) is 11.8 Å². The number of amides is 2. The van der Waals surface area contributed by atoms with E-state index in [4.69, 9.17) is 0 Å². The molecule has 0 aliphatic rings.